The average molecular weight is 714 g/mol. The van der Waals surface area contributed by atoms with E-state index in [9.17, 15) is 14.7 Å². The first-order chi connectivity index (χ1) is 17.4. The van der Waals surface area contributed by atoms with Gasteiger partial charge in [-0.25, -0.2) is 0 Å². The molecule has 1 aromatic heterocycles. The first-order valence-electron chi connectivity index (χ1n) is 11.6. The fourth-order valence-electron chi connectivity index (χ4n) is 4.66. The van der Waals surface area contributed by atoms with Crippen molar-refractivity contribution in [3.05, 3.63) is 83.3 Å². The predicted octanol–water partition coefficient (Wildman–Crippen LogP) is 5.46. The summed E-state index contributed by atoms with van der Waals surface area (Å²) in [6, 6.07) is 16.5. The number of halogens is 2. The number of furan rings is 1. The van der Waals surface area contributed by atoms with Gasteiger partial charge in [0.2, 0.25) is 0 Å². The minimum Gasteiger partial charge on any atom is -0.467 e. The number of likely N-dealkylation sites (tertiary alicyclic amines) is 1. The number of hydrogen-bond acceptors (Lipinski definition) is 6. The monoisotopic (exact) mass is 714 g/mol. The van der Waals surface area contributed by atoms with Crippen molar-refractivity contribution in [2.45, 2.75) is 31.3 Å². The molecule has 0 bridgehead atoms. The first-order valence-corrected chi connectivity index (χ1v) is 13.8. The lowest BCUT2D eigenvalue weighted by Gasteiger charge is -2.39. The molecule has 2 aromatic carbocycles. The van der Waals surface area contributed by atoms with Crippen molar-refractivity contribution < 1.29 is 19.1 Å². The van der Waals surface area contributed by atoms with Gasteiger partial charge in [0, 0.05) is 36.1 Å². The van der Waals surface area contributed by atoms with Gasteiger partial charge in [-0.05, 0) is 72.9 Å². The molecule has 0 spiro atoms. The van der Waals surface area contributed by atoms with Gasteiger partial charge in [-0.3, -0.25) is 9.59 Å². The van der Waals surface area contributed by atoms with E-state index in [-0.39, 0.29) is 30.4 Å². The molecule has 1 fully saturated rings. The molecule has 2 unspecified atom stereocenters. The van der Waals surface area contributed by atoms with Crippen molar-refractivity contribution in [3.63, 3.8) is 0 Å². The quantitative estimate of drug-likeness (QED) is 0.212. The van der Waals surface area contributed by atoms with Crippen LogP contribution < -0.4 is 7.06 Å². The molecule has 0 radical (unpaired) electrons. The molecule has 10 heteroatoms. The third-order valence-corrected chi connectivity index (χ3v) is 7.75. The minimum absolute atomic E-state index is 0.0842. The molecule has 0 aliphatic carbocycles. The summed E-state index contributed by atoms with van der Waals surface area (Å²) >= 11 is 4.10. The third-order valence-electron chi connectivity index (χ3n) is 6.51. The summed E-state index contributed by atoms with van der Waals surface area (Å²) in [4.78, 5) is 29.8. The van der Waals surface area contributed by atoms with E-state index in [2.05, 4.69) is 29.9 Å². The molecule has 190 valence electrons. The highest BCUT2D eigenvalue weighted by atomic mass is 127. The molecule has 8 nitrogen and oxygen atoms in total. The van der Waals surface area contributed by atoms with Crippen molar-refractivity contribution in [1.82, 2.24) is 9.80 Å². The Hall–Kier alpha value is -2.32. The van der Waals surface area contributed by atoms with E-state index in [1.165, 1.54) is 0 Å². The maximum absolute atomic E-state index is 13.2. The second-order valence-electron chi connectivity index (χ2n) is 8.91. The van der Waals surface area contributed by atoms with Crippen LogP contribution in [0.3, 0.4) is 0 Å². The molecule has 2 atom stereocenters. The summed E-state index contributed by atoms with van der Waals surface area (Å²) in [6.45, 7) is 0.791. The number of carbonyl (C=O) groups is 2. The SMILES string of the molecule is CN(Cc1ccco1)C(=O)c1cc(NI)cc(C2CCN(C(=O)c3cccc(NI)c3)C(CO)C2)c1. The van der Waals surface area contributed by atoms with Crippen molar-refractivity contribution in [3.8, 4) is 0 Å². The van der Waals surface area contributed by atoms with Gasteiger partial charge < -0.3 is 26.4 Å². The van der Waals surface area contributed by atoms with E-state index < -0.39 is 0 Å². The molecule has 2 heterocycles. The van der Waals surface area contributed by atoms with E-state index in [0.717, 1.165) is 29.1 Å². The number of anilines is 2. The van der Waals surface area contributed by atoms with Gasteiger partial charge in [0.1, 0.15) is 5.76 Å². The van der Waals surface area contributed by atoms with Crippen molar-refractivity contribution >= 4 is 68.9 Å². The zero-order valence-electron chi connectivity index (χ0n) is 19.8. The van der Waals surface area contributed by atoms with E-state index >= 15 is 0 Å². The number of nitrogens with zero attached hydrogens (tertiary/aromatic N) is 2. The van der Waals surface area contributed by atoms with Crippen LogP contribution in [-0.4, -0.2) is 53.0 Å². The predicted molar refractivity (Wildman–Crippen MR) is 157 cm³/mol. The van der Waals surface area contributed by atoms with Crippen molar-refractivity contribution in [2.24, 2.45) is 0 Å². The molecule has 1 aliphatic rings. The second-order valence-corrected chi connectivity index (χ2v) is 9.99. The Bertz CT molecular complexity index is 1200. The summed E-state index contributed by atoms with van der Waals surface area (Å²) < 4.78 is 11.5. The largest absolute Gasteiger partial charge is 0.467 e. The molecule has 3 aromatic rings. The molecule has 0 saturated carbocycles. The number of nitrogens with one attached hydrogen (secondary N) is 2. The smallest absolute Gasteiger partial charge is 0.254 e. The number of amides is 2. The third kappa shape index (κ3) is 6.14. The molecular weight excluding hydrogens is 686 g/mol. The summed E-state index contributed by atoms with van der Waals surface area (Å²) in [5.41, 5.74) is 3.90. The van der Waals surface area contributed by atoms with E-state index in [4.69, 9.17) is 4.42 Å². The van der Waals surface area contributed by atoms with Gasteiger partial charge in [-0.2, -0.15) is 0 Å². The Kier molecular flexibility index (Phi) is 9.12. The lowest BCUT2D eigenvalue weighted by Crippen LogP contribution is -2.47. The van der Waals surface area contributed by atoms with Crippen LogP contribution in [0.2, 0.25) is 0 Å². The zero-order valence-corrected chi connectivity index (χ0v) is 24.1. The number of aliphatic hydroxyl groups excluding tert-OH is 1. The van der Waals surface area contributed by atoms with Gasteiger partial charge in [0.05, 0.1) is 71.2 Å². The Morgan fingerprint density at radius 2 is 1.86 bits per heavy atom. The van der Waals surface area contributed by atoms with Crippen LogP contribution >= 0.6 is 45.7 Å². The normalized spacial score (nSPS) is 17.5. The highest BCUT2D eigenvalue weighted by Crippen LogP contribution is 2.35. The number of rotatable bonds is 8. The van der Waals surface area contributed by atoms with Crippen LogP contribution in [0.4, 0.5) is 11.4 Å². The molecule has 3 N–H and O–H groups in total. The van der Waals surface area contributed by atoms with Crippen LogP contribution in [-0.2, 0) is 6.54 Å². The fourth-order valence-corrected chi connectivity index (χ4v) is 5.31. The molecule has 2 amide bonds. The van der Waals surface area contributed by atoms with Crippen molar-refractivity contribution in [1.29, 1.82) is 0 Å². The zero-order chi connectivity index (χ0) is 25.7. The molecule has 1 aliphatic heterocycles. The van der Waals surface area contributed by atoms with Gasteiger partial charge in [-0.1, -0.05) is 6.07 Å². The topological polar surface area (TPSA) is 98.1 Å². The Morgan fingerprint density at radius 3 is 2.56 bits per heavy atom. The summed E-state index contributed by atoms with van der Waals surface area (Å²) in [7, 11) is 1.75. The first kappa shape index (κ1) is 26.7. The number of piperidine rings is 1. The van der Waals surface area contributed by atoms with Crippen molar-refractivity contribution in [2.75, 3.05) is 27.3 Å². The van der Waals surface area contributed by atoms with Crippen LogP contribution in [0.1, 0.15) is 50.8 Å². The summed E-state index contributed by atoms with van der Waals surface area (Å²) in [5.74, 6) is 0.646. The van der Waals surface area contributed by atoms with E-state index in [1.807, 2.05) is 65.3 Å². The van der Waals surface area contributed by atoms with Gasteiger partial charge in [-0.15, -0.1) is 0 Å². The number of aliphatic hydroxyl groups is 1. The Morgan fingerprint density at radius 1 is 1.08 bits per heavy atom. The van der Waals surface area contributed by atoms with Gasteiger partial charge in [0.15, 0.2) is 0 Å². The van der Waals surface area contributed by atoms with Crippen LogP contribution in [0.25, 0.3) is 0 Å². The standard InChI is InChI=1S/C26H28I2N4O4/c1-31(15-24-6-3-9-36-24)25(34)20-10-19(12-22(13-20)30-28)17-7-8-32(23(14-17)16-33)26(35)18-4-2-5-21(11-18)29-27/h2-6,9-13,17,23,29-30,33H,7-8,14-16H2,1H3. The highest BCUT2D eigenvalue weighted by Gasteiger charge is 2.33. The molecule has 36 heavy (non-hydrogen) atoms. The summed E-state index contributed by atoms with van der Waals surface area (Å²) in [6.07, 6.45) is 2.96. The van der Waals surface area contributed by atoms with Crippen LogP contribution in [0.15, 0.2) is 65.3 Å². The number of carbonyl (C=O) groups excluding carboxylic acids is 2. The highest BCUT2D eigenvalue weighted by molar-refractivity contribution is 14.1. The fraction of sp³-hybridized carbons (Fsp3) is 0.308. The Labute approximate surface area is 238 Å². The molecule has 1 saturated heterocycles. The average Bonchev–Trinajstić information content (AvgIpc) is 3.44. The van der Waals surface area contributed by atoms with Gasteiger partial charge >= 0.3 is 0 Å². The van der Waals surface area contributed by atoms with Crippen LogP contribution in [0.5, 0.6) is 0 Å². The maximum Gasteiger partial charge on any atom is 0.254 e. The van der Waals surface area contributed by atoms with E-state index in [1.54, 1.807) is 35.2 Å². The minimum atomic E-state index is -0.301. The molecular formula is C26H28I2N4O4. The Balaban J connectivity index is 1.52. The maximum atomic E-state index is 13.2. The van der Waals surface area contributed by atoms with Crippen LogP contribution in [0, 0.1) is 0 Å². The second kappa shape index (κ2) is 12.3. The van der Waals surface area contributed by atoms with E-state index in [0.29, 0.717) is 30.6 Å². The summed E-state index contributed by atoms with van der Waals surface area (Å²) in [5, 5.41) is 10.2. The molecule has 4 rings (SSSR count). The number of benzene rings is 2. The lowest BCUT2D eigenvalue weighted by atomic mass is 9.84. The van der Waals surface area contributed by atoms with Gasteiger partial charge in [0.25, 0.3) is 11.8 Å². The lowest BCUT2D eigenvalue weighted by molar-refractivity contribution is 0.0472. The number of hydrogen-bond donors (Lipinski definition) is 3.